The van der Waals surface area contributed by atoms with Crippen molar-refractivity contribution < 1.29 is 9.47 Å². The van der Waals surface area contributed by atoms with E-state index in [9.17, 15) is 0 Å². The Morgan fingerprint density at radius 2 is 1.24 bits per heavy atom. The molecule has 0 amide bonds. The maximum atomic E-state index is 7.22. The van der Waals surface area contributed by atoms with E-state index in [0.29, 0.717) is 0 Å². The number of fused-ring (bicyclic) bond motifs is 4. The van der Waals surface area contributed by atoms with Gasteiger partial charge in [-0.2, -0.15) is 0 Å². The fourth-order valence-corrected chi connectivity index (χ4v) is 5.67. The average molecular weight is 491 g/mol. The number of benzene rings is 5. The molecule has 1 aliphatic heterocycles. The summed E-state index contributed by atoms with van der Waals surface area (Å²) in [6, 6.07) is 40.1. The monoisotopic (exact) mass is 490 g/mol. The zero-order valence-electron chi connectivity index (χ0n) is 21.1. The van der Waals surface area contributed by atoms with E-state index in [2.05, 4.69) is 133 Å². The van der Waals surface area contributed by atoms with Crippen molar-refractivity contribution >= 4 is 40.1 Å². The van der Waals surface area contributed by atoms with E-state index in [1.165, 1.54) is 11.1 Å². The first kappa shape index (κ1) is 22.4. The zero-order chi connectivity index (χ0) is 25.5. The number of rotatable bonds is 3. The van der Waals surface area contributed by atoms with E-state index in [1.807, 2.05) is 6.07 Å². The van der Waals surface area contributed by atoms with Crippen LogP contribution in [0.25, 0.3) is 40.1 Å². The molecule has 5 aromatic rings. The summed E-state index contributed by atoms with van der Waals surface area (Å²) in [4.78, 5) is 0. The third-order valence-electron chi connectivity index (χ3n) is 7.55. The van der Waals surface area contributed by atoms with E-state index in [0.717, 1.165) is 50.1 Å². The van der Waals surface area contributed by atoms with Gasteiger partial charge in [-0.05, 0) is 81.6 Å². The molecule has 1 heterocycles. The largest absolute Gasteiger partial charge is 0.497 e. The van der Waals surface area contributed by atoms with Gasteiger partial charge in [-0.15, -0.1) is 0 Å². The van der Waals surface area contributed by atoms with Crippen LogP contribution in [-0.4, -0.2) is 12.7 Å². The third-order valence-corrected chi connectivity index (χ3v) is 7.55. The molecule has 0 fully saturated rings. The highest BCUT2D eigenvalue weighted by Gasteiger charge is 2.43. The molecule has 0 atom stereocenters. The number of hydrogen-bond donors (Lipinski definition) is 0. The first-order chi connectivity index (χ1) is 18.7. The Hall–Kier alpha value is -4.82. The SMILES string of the molecule is COc1ccc2c3c(ccc2c1)OC1(C=C3)C(c2ccccc2)=Cc2ccccc2C=C1c1ccccc1. The predicted molar refractivity (Wildman–Crippen MR) is 158 cm³/mol. The van der Waals surface area contributed by atoms with Gasteiger partial charge in [0.1, 0.15) is 11.5 Å². The van der Waals surface area contributed by atoms with Gasteiger partial charge in [0.15, 0.2) is 5.60 Å². The molecule has 5 aromatic carbocycles. The molecule has 0 bridgehead atoms. The molecule has 0 aromatic heterocycles. The standard InChI is InChI=1S/C36H26O2/c1-37-30-17-18-31-29(22-30)16-19-35-32(31)20-21-36(38-35)33(25-10-4-2-5-11-25)23-27-14-8-9-15-28(27)24-34(36)26-12-6-3-7-13-26/h2-24H,1H3. The summed E-state index contributed by atoms with van der Waals surface area (Å²) in [6.07, 6.45) is 9.05. The van der Waals surface area contributed by atoms with E-state index in [1.54, 1.807) is 7.11 Å². The summed E-state index contributed by atoms with van der Waals surface area (Å²) >= 11 is 0. The number of ether oxygens (including phenoxy) is 2. The highest BCUT2D eigenvalue weighted by molar-refractivity contribution is 6.08. The summed E-state index contributed by atoms with van der Waals surface area (Å²) < 4.78 is 12.7. The van der Waals surface area contributed by atoms with Crippen LogP contribution in [0.5, 0.6) is 11.5 Å². The lowest BCUT2D eigenvalue weighted by Crippen LogP contribution is -2.38. The summed E-state index contributed by atoms with van der Waals surface area (Å²) in [5.74, 6) is 1.71. The van der Waals surface area contributed by atoms with Gasteiger partial charge >= 0.3 is 0 Å². The molecular formula is C36H26O2. The van der Waals surface area contributed by atoms with Crippen molar-refractivity contribution in [2.75, 3.05) is 7.11 Å². The summed E-state index contributed by atoms with van der Waals surface area (Å²) in [7, 11) is 1.70. The third kappa shape index (κ3) is 3.57. The smallest absolute Gasteiger partial charge is 0.179 e. The Labute approximate surface area is 222 Å². The Bertz CT molecular complexity index is 1680. The highest BCUT2D eigenvalue weighted by atomic mass is 16.5. The molecule has 1 aliphatic carbocycles. The van der Waals surface area contributed by atoms with Crippen molar-refractivity contribution in [1.82, 2.24) is 0 Å². The topological polar surface area (TPSA) is 18.5 Å². The fraction of sp³-hybridized carbons (Fsp3) is 0.0556. The van der Waals surface area contributed by atoms with Crippen LogP contribution < -0.4 is 9.47 Å². The first-order valence-electron chi connectivity index (χ1n) is 12.9. The molecule has 2 heteroatoms. The Morgan fingerprint density at radius 3 is 1.84 bits per heavy atom. The predicted octanol–water partition coefficient (Wildman–Crippen LogP) is 8.79. The van der Waals surface area contributed by atoms with Crippen molar-refractivity contribution in [1.29, 1.82) is 0 Å². The summed E-state index contributed by atoms with van der Waals surface area (Å²) in [6.45, 7) is 0. The maximum absolute atomic E-state index is 7.22. The van der Waals surface area contributed by atoms with E-state index in [-0.39, 0.29) is 0 Å². The van der Waals surface area contributed by atoms with Crippen molar-refractivity contribution in [2.24, 2.45) is 0 Å². The van der Waals surface area contributed by atoms with Gasteiger partial charge in [-0.1, -0.05) is 91.0 Å². The van der Waals surface area contributed by atoms with Crippen LogP contribution in [0.3, 0.4) is 0 Å². The molecule has 38 heavy (non-hydrogen) atoms. The second-order valence-corrected chi connectivity index (χ2v) is 9.71. The minimum atomic E-state index is -0.825. The lowest BCUT2D eigenvalue weighted by Gasteiger charge is -2.39. The van der Waals surface area contributed by atoms with Crippen LogP contribution in [0.2, 0.25) is 0 Å². The van der Waals surface area contributed by atoms with E-state index in [4.69, 9.17) is 9.47 Å². The minimum absolute atomic E-state index is 0.825. The molecule has 182 valence electrons. The normalized spacial score (nSPS) is 15.1. The Balaban J connectivity index is 1.52. The molecule has 0 unspecified atom stereocenters. The maximum Gasteiger partial charge on any atom is 0.179 e. The van der Waals surface area contributed by atoms with Crippen molar-refractivity contribution in [2.45, 2.75) is 5.60 Å². The molecule has 2 aliphatic rings. The van der Waals surface area contributed by atoms with E-state index >= 15 is 0 Å². The minimum Gasteiger partial charge on any atom is -0.497 e. The molecule has 7 rings (SSSR count). The number of hydrogen-bond acceptors (Lipinski definition) is 2. The van der Waals surface area contributed by atoms with Crippen molar-refractivity contribution in [3.63, 3.8) is 0 Å². The molecule has 1 spiro atoms. The van der Waals surface area contributed by atoms with Crippen molar-refractivity contribution in [3.05, 3.63) is 149 Å². The van der Waals surface area contributed by atoms with Gasteiger partial charge in [-0.25, -0.2) is 0 Å². The van der Waals surface area contributed by atoms with Gasteiger partial charge in [0.05, 0.1) is 7.11 Å². The van der Waals surface area contributed by atoms with Crippen LogP contribution in [-0.2, 0) is 0 Å². The quantitative estimate of drug-likeness (QED) is 0.252. The molecule has 0 N–H and O–H groups in total. The first-order valence-corrected chi connectivity index (χ1v) is 12.9. The fourth-order valence-electron chi connectivity index (χ4n) is 5.67. The molecular weight excluding hydrogens is 464 g/mol. The van der Waals surface area contributed by atoms with Gasteiger partial charge in [-0.3, -0.25) is 0 Å². The van der Waals surface area contributed by atoms with Gasteiger partial charge in [0.25, 0.3) is 0 Å². The van der Waals surface area contributed by atoms with Gasteiger partial charge in [0.2, 0.25) is 0 Å². The van der Waals surface area contributed by atoms with Crippen LogP contribution in [0.1, 0.15) is 27.8 Å². The van der Waals surface area contributed by atoms with Crippen LogP contribution in [0.15, 0.2) is 121 Å². The van der Waals surface area contributed by atoms with E-state index < -0.39 is 5.60 Å². The number of methoxy groups -OCH3 is 1. The Kier molecular flexibility index (Phi) is 5.26. The van der Waals surface area contributed by atoms with Crippen LogP contribution in [0, 0.1) is 0 Å². The molecule has 2 nitrogen and oxygen atoms in total. The second-order valence-electron chi connectivity index (χ2n) is 9.71. The molecule has 0 radical (unpaired) electrons. The second kappa shape index (κ2) is 8.93. The lowest BCUT2D eigenvalue weighted by atomic mass is 9.77. The average Bonchev–Trinajstić information content (AvgIpc) is 3.12. The van der Waals surface area contributed by atoms with Crippen LogP contribution >= 0.6 is 0 Å². The van der Waals surface area contributed by atoms with Crippen molar-refractivity contribution in [3.8, 4) is 11.5 Å². The zero-order valence-corrected chi connectivity index (χ0v) is 21.1. The lowest BCUT2D eigenvalue weighted by molar-refractivity contribution is 0.240. The summed E-state index contributed by atoms with van der Waals surface area (Å²) in [5, 5.41) is 2.26. The molecule has 0 saturated heterocycles. The summed E-state index contributed by atoms with van der Waals surface area (Å²) in [5.41, 5.74) is 7.07. The Morgan fingerprint density at radius 1 is 0.632 bits per heavy atom. The van der Waals surface area contributed by atoms with Gasteiger partial charge in [0, 0.05) is 16.7 Å². The van der Waals surface area contributed by atoms with Gasteiger partial charge < -0.3 is 9.47 Å². The van der Waals surface area contributed by atoms with Crippen LogP contribution in [0.4, 0.5) is 0 Å². The highest BCUT2D eigenvalue weighted by Crippen LogP contribution is 2.51. The molecule has 0 saturated carbocycles.